The highest BCUT2D eigenvalue weighted by Crippen LogP contribution is 2.25. The van der Waals surface area contributed by atoms with E-state index in [4.69, 9.17) is 0 Å². The molecule has 0 rings (SSSR count). The van der Waals surface area contributed by atoms with Crippen molar-refractivity contribution >= 4 is 5.78 Å². The molecule has 0 aromatic rings. The smallest absolute Gasteiger partial charge is 0.156 e. The van der Waals surface area contributed by atoms with E-state index in [1.54, 1.807) is 0 Å². The van der Waals surface area contributed by atoms with Crippen LogP contribution in [0.15, 0.2) is 0 Å². The average molecular weight is 214 g/mol. The van der Waals surface area contributed by atoms with Crippen LogP contribution in [0.4, 0.5) is 0 Å². The fourth-order valence-electron chi connectivity index (χ4n) is 1.95. The zero-order valence-corrected chi connectivity index (χ0v) is 10.8. The fraction of sp³-hybridized carbons (Fsp3) is 0.917. The van der Waals surface area contributed by atoms with Crippen LogP contribution < -0.4 is 10.9 Å². The maximum absolute atomic E-state index is 12.2. The largest absolute Gasteiger partial charge is 0.297 e. The molecule has 0 fully saturated rings. The molecule has 0 spiro atoms. The van der Waals surface area contributed by atoms with Gasteiger partial charge in [0.1, 0.15) is 0 Å². The molecule has 0 aliphatic heterocycles. The number of Topliss-reactive ketones (excluding diaryl/α,β-unsaturated/α-hetero) is 1. The molecule has 0 aliphatic carbocycles. The maximum Gasteiger partial charge on any atom is 0.156 e. The summed E-state index contributed by atoms with van der Waals surface area (Å²) in [7, 11) is 1.81. The zero-order chi connectivity index (χ0) is 11.9. The first-order chi connectivity index (χ1) is 6.99. The molecule has 90 valence electrons. The molecule has 1 unspecified atom stereocenters. The van der Waals surface area contributed by atoms with E-state index >= 15 is 0 Å². The molecule has 0 amide bonds. The van der Waals surface area contributed by atoms with Crippen molar-refractivity contribution < 1.29 is 4.79 Å². The van der Waals surface area contributed by atoms with Crippen molar-refractivity contribution in [3.8, 4) is 0 Å². The third-order valence-corrected chi connectivity index (χ3v) is 2.75. The van der Waals surface area contributed by atoms with Gasteiger partial charge in [0.25, 0.3) is 0 Å². The Bertz CT molecular complexity index is 184. The van der Waals surface area contributed by atoms with Crippen LogP contribution in [0.25, 0.3) is 0 Å². The van der Waals surface area contributed by atoms with Gasteiger partial charge < -0.3 is 0 Å². The van der Waals surface area contributed by atoms with Gasteiger partial charge in [-0.3, -0.25) is 10.2 Å². The normalized spacial score (nSPS) is 13.9. The number of ketones is 1. The Balaban J connectivity index is 4.46. The highest BCUT2D eigenvalue weighted by molar-refractivity contribution is 5.88. The van der Waals surface area contributed by atoms with E-state index < -0.39 is 0 Å². The van der Waals surface area contributed by atoms with E-state index in [0.29, 0.717) is 5.78 Å². The molecule has 0 saturated carbocycles. The minimum atomic E-state index is -0.210. The second kappa shape index (κ2) is 6.96. The second-order valence-electron chi connectivity index (χ2n) is 4.73. The van der Waals surface area contributed by atoms with Crippen LogP contribution in [0.5, 0.6) is 0 Å². The lowest BCUT2D eigenvalue weighted by atomic mass is 9.79. The van der Waals surface area contributed by atoms with E-state index in [0.717, 1.165) is 25.7 Å². The van der Waals surface area contributed by atoms with Crippen molar-refractivity contribution in [2.24, 2.45) is 5.41 Å². The molecule has 0 radical (unpaired) electrons. The van der Waals surface area contributed by atoms with Gasteiger partial charge in [-0.15, -0.1) is 0 Å². The van der Waals surface area contributed by atoms with Crippen LogP contribution in [0.2, 0.25) is 0 Å². The summed E-state index contributed by atoms with van der Waals surface area (Å²) in [5, 5.41) is 0. The second-order valence-corrected chi connectivity index (χ2v) is 4.73. The van der Waals surface area contributed by atoms with Gasteiger partial charge in [-0.25, -0.2) is 5.43 Å². The molecule has 3 nitrogen and oxygen atoms in total. The number of hydrogen-bond acceptors (Lipinski definition) is 3. The highest BCUT2D eigenvalue weighted by atomic mass is 16.1. The first-order valence-electron chi connectivity index (χ1n) is 5.96. The molecule has 1 atom stereocenters. The molecular weight excluding hydrogens is 188 g/mol. The molecule has 0 aliphatic rings. The van der Waals surface area contributed by atoms with Crippen LogP contribution in [0, 0.1) is 5.41 Å². The Morgan fingerprint density at radius 1 is 1.27 bits per heavy atom. The summed E-state index contributed by atoms with van der Waals surface area (Å²) in [6, 6.07) is -0.0541. The van der Waals surface area contributed by atoms with Crippen molar-refractivity contribution in [2.75, 3.05) is 7.05 Å². The third-order valence-electron chi connectivity index (χ3n) is 2.75. The van der Waals surface area contributed by atoms with Crippen molar-refractivity contribution in [3.63, 3.8) is 0 Å². The van der Waals surface area contributed by atoms with Crippen LogP contribution in [0.3, 0.4) is 0 Å². The SMILES string of the molecule is CCCC(NNC)C(=O)C(C)(C)CCC. The Hall–Kier alpha value is -0.410. The first kappa shape index (κ1) is 14.6. The summed E-state index contributed by atoms with van der Waals surface area (Å²) in [6.07, 6.45) is 3.93. The Kier molecular flexibility index (Phi) is 6.77. The number of hydrazine groups is 1. The molecule has 0 bridgehead atoms. The number of carbonyl (C=O) groups is 1. The average Bonchev–Trinajstić information content (AvgIpc) is 2.16. The van der Waals surface area contributed by atoms with Gasteiger partial charge in [0, 0.05) is 5.41 Å². The molecule has 0 saturated heterocycles. The van der Waals surface area contributed by atoms with Gasteiger partial charge in [-0.05, 0) is 19.9 Å². The van der Waals surface area contributed by atoms with Crippen molar-refractivity contribution in [3.05, 3.63) is 0 Å². The van der Waals surface area contributed by atoms with Gasteiger partial charge in [0.05, 0.1) is 6.04 Å². The fourth-order valence-corrected chi connectivity index (χ4v) is 1.95. The van der Waals surface area contributed by atoms with Gasteiger partial charge in [0.15, 0.2) is 5.78 Å². The lowest BCUT2D eigenvalue weighted by Gasteiger charge is -2.28. The van der Waals surface area contributed by atoms with E-state index in [2.05, 4.69) is 24.7 Å². The van der Waals surface area contributed by atoms with Crippen LogP contribution in [-0.4, -0.2) is 18.9 Å². The van der Waals surface area contributed by atoms with E-state index in [9.17, 15) is 4.79 Å². The molecule has 0 aromatic carbocycles. The molecule has 0 heterocycles. The van der Waals surface area contributed by atoms with Crippen LogP contribution >= 0.6 is 0 Å². The quantitative estimate of drug-likeness (QED) is 0.609. The Morgan fingerprint density at radius 3 is 2.27 bits per heavy atom. The van der Waals surface area contributed by atoms with Crippen molar-refractivity contribution in [2.45, 2.75) is 59.4 Å². The summed E-state index contributed by atoms with van der Waals surface area (Å²) in [5.74, 6) is 0.320. The molecule has 15 heavy (non-hydrogen) atoms. The Labute approximate surface area is 94.0 Å². The molecule has 3 heteroatoms. The van der Waals surface area contributed by atoms with Gasteiger partial charge >= 0.3 is 0 Å². The summed E-state index contributed by atoms with van der Waals surface area (Å²) in [4.78, 5) is 12.2. The molecule has 0 aromatic heterocycles. The van der Waals surface area contributed by atoms with Crippen LogP contribution in [-0.2, 0) is 4.79 Å². The summed E-state index contributed by atoms with van der Waals surface area (Å²) >= 11 is 0. The monoisotopic (exact) mass is 214 g/mol. The van der Waals surface area contributed by atoms with Crippen molar-refractivity contribution in [1.29, 1.82) is 0 Å². The summed E-state index contributed by atoms with van der Waals surface area (Å²) < 4.78 is 0. The lowest BCUT2D eigenvalue weighted by molar-refractivity contribution is -0.130. The first-order valence-corrected chi connectivity index (χ1v) is 5.96. The Morgan fingerprint density at radius 2 is 1.87 bits per heavy atom. The zero-order valence-electron chi connectivity index (χ0n) is 10.8. The van der Waals surface area contributed by atoms with E-state index in [1.807, 2.05) is 20.9 Å². The predicted molar refractivity (Wildman–Crippen MR) is 64.6 cm³/mol. The number of carbonyl (C=O) groups excluding carboxylic acids is 1. The predicted octanol–water partition coefficient (Wildman–Crippen LogP) is 2.27. The number of hydrogen-bond donors (Lipinski definition) is 2. The number of rotatable bonds is 8. The van der Waals surface area contributed by atoms with Gasteiger partial charge in [-0.2, -0.15) is 0 Å². The molecule has 2 N–H and O–H groups in total. The van der Waals surface area contributed by atoms with E-state index in [1.165, 1.54) is 0 Å². The maximum atomic E-state index is 12.2. The third kappa shape index (κ3) is 4.76. The topological polar surface area (TPSA) is 41.1 Å². The van der Waals surface area contributed by atoms with Crippen LogP contribution in [0.1, 0.15) is 53.4 Å². The standard InChI is InChI=1S/C12H26N2O/c1-6-8-10(14-13-5)11(15)12(3,4)9-7-2/h10,13-14H,6-9H2,1-5H3. The minimum Gasteiger partial charge on any atom is -0.297 e. The summed E-state index contributed by atoms with van der Waals surface area (Å²) in [6.45, 7) is 8.30. The lowest BCUT2D eigenvalue weighted by Crippen LogP contribution is -2.48. The van der Waals surface area contributed by atoms with Crippen molar-refractivity contribution in [1.82, 2.24) is 10.9 Å². The van der Waals surface area contributed by atoms with Gasteiger partial charge in [0.2, 0.25) is 0 Å². The van der Waals surface area contributed by atoms with Gasteiger partial charge in [-0.1, -0.05) is 40.5 Å². The minimum absolute atomic E-state index is 0.0541. The summed E-state index contributed by atoms with van der Waals surface area (Å²) in [5.41, 5.74) is 5.72. The van der Waals surface area contributed by atoms with E-state index in [-0.39, 0.29) is 11.5 Å². The number of nitrogens with one attached hydrogen (secondary N) is 2. The highest BCUT2D eigenvalue weighted by Gasteiger charge is 2.31. The molecular formula is C12H26N2O.